The molecule has 0 aromatic heterocycles. The van der Waals surface area contributed by atoms with Crippen LogP contribution in [0.25, 0.3) is 0 Å². The summed E-state index contributed by atoms with van der Waals surface area (Å²) in [4.78, 5) is 27.8. The van der Waals surface area contributed by atoms with Crippen molar-refractivity contribution in [3.63, 3.8) is 0 Å². The number of halogens is 1. The fourth-order valence-electron chi connectivity index (χ4n) is 3.44. The van der Waals surface area contributed by atoms with E-state index in [0.717, 1.165) is 21.2 Å². The highest BCUT2D eigenvalue weighted by Gasteiger charge is 2.30. The predicted molar refractivity (Wildman–Crippen MR) is 129 cm³/mol. The standard InChI is InChI=1S/C26H27BrN2O3/c1-19-7-6-10-23(15-19)32-18-25(30)29(17-21-11-13-22(27)14-12-21)24(26(31)28-2)16-20-8-4-3-5-9-20/h3-15,24H,16-18H2,1-2H3,(H,28,31)/t24-/m1/s1. The summed E-state index contributed by atoms with van der Waals surface area (Å²) in [6.07, 6.45) is 0.410. The number of hydrogen-bond donors (Lipinski definition) is 1. The van der Waals surface area contributed by atoms with Crippen molar-refractivity contribution in [2.24, 2.45) is 0 Å². The van der Waals surface area contributed by atoms with Crippen molar-refractivity contribution in [1.29, 1.82) is 0 Å². The van der Waals surface area contributed by atoms with E-state index >= 15 is 0 Å². The topological polar surface area (TPSA) is 58.6 Å². The molecule has 0 radical (unpaired) electrons. The first kappa shape index (κ1) is 23.5. The average molecular weight is 495 g/mol. The number of aryl methyl sites for hydroxylation is 1. The highest BCUT2D eigenvalue weighted by atomic mass is 79.9. The van der Waals surface area contributed by atoms with Gasteiger partial charge in [0.2, 0.25) is 5.91 Å². The summed E-state index contributed by atoms with van der Waals surface area (Å²) in [5, 5.41) is 2.72. The molecule has 0 aliphatic rings. The number of hydrogen-bond acceptors (Lipinski definition) is 3. The Labute approximate surface area is 197 Å². The van der Waals surface area contributed by atoms with Crippen LogP contribution in [-0.2, 0) is 22.6 Å². The molecule has 3 aromatic carbocycles. The number of rotatable bonds is 9. The molecule has 0 heterocycles. The molecular weight excluding hydrogens is 468 g/mol. The highest BCUT2D eigenvalue weighted by Crippen LogP contribution is 2.18. The molecule has 0 aliphatic heterocycles. The molecule has 0 fully saturated rings. The third kappa shape index (κ3) is 6.69. The summed E-state index contributed by atoms with van der Waals surface area (Å²) in [5.74, 6) is 0.162. The largest absolute Gasteiger partial charge is 0.484 e. The van der Waals surface area contributed by atoms with Gasteiger partial charge >= 0.3 is 0 Å². The van der Waals surface area contributed by atoms with Crippen LogP contribution < -0.4 is 10.1 Å². The first-order valence-corrected chi connectivity index (χ1v) is 11.2. The van der Waals surface area contributed by atoms with Crippen LogP contribution in [-0.4, -0.2) is 36.4 Å². The average Bonchev–Trinajstić information content (AvgIpc) is 2.81. The van der Waals surface area contributed by atoms with E-state index in [9.17, 15) is 9.59 Å². The van der Waals surface area contributed by atoms with E-state index in [1.54, 1.807) is 11.9 Å². The fourth-order valence-corrected chi connectivity index (χ4v) is 3.70. The SMILES string of the molecule is CNC(=O)[C@@H](Cc1ccccc1)N(Cc1ccc(Br)cc1)C(=O)COc1cccc(C)c1. The van der Waals surface area contributed by atoms with Crippen LogP contribution in [0.1, 0.15) is 16.7 Å². The third-order valence-electron chi connectivity index (χ3n) is 5.14. The lowest BCUT2D eigenvalue weighted by atomic mass is 10.0. The zero-order valence-electron chi connectivity index (χ0n) is 18.3. The number of carbonyl (C=O) groups is 2. The van der Waals surface area contributed by atoms with Crippen molar-refractivity contribution in [2.75, 3.05) is 13.7 Å². The molecule has 0 aliphatic carbocycles. The van der Waals surface area contributed by atoms with Crippen molar-refractivity contribution in [3.05, 3.63) is 100 Å². The Morgan fingerprint density at radius 3 is 2.34 bits per heavy atom. The molecule has 166 valence electrons. The maximum Gasteiger partial charge on any atom is 0.261 e. The number of likely N-dealkylation sites (N-methyl/N-ethyl adjacent to an activating group) is 1. The first-order chi connectivity index (χ1) is 15.5. The van der Waals surface area contributed by atoms with Gasteiger partial charge in [-0.2, -0.15) is 0 Å². The normalized spacial score (nSPS) is 11.5. The molecule has 0 spiro atoms. The minimum atomic E-state index is -0.667. The second kappa shape index (κ2) is 11.5. The van der Waals surface area contributed by atoms with E-state index in [-0.39, 0.29) is 18.4 Å². The van der Waals surface area contributed by atoms with E-state index < -0.39 is 6.04 Å². The number of amides is 2. The second-order valence-electron chi connectivity index (χ2n) is 7.57. The van der Waals surface area contributed by atoms with E-state index in [1.165, 1.54) is 0 Å². The summed E-state index contributed by atoms with van der Waals surface area (Å²) in [6.45, 7) is 2.12. The van der Waals surface area contributed by atoms with Crippen molar-refractivity contribution in [2.45, 2.75) is 25.9 Å². The lowest BCUT2D eigenvalue weighted by Gasteiger charge is -2.31. The molecule has 0 bridgehead atoms. The van der Waals surface area contributed by atoms with Gasteiger partial charge in [0.05, 0.1) is 0 Å². The number of benzene rings is 3. The third-order valence-corrected chi connectivity index (χ3v) is 5.66. The van der Waals surface area contributed by atoms with Crippen LogP contribution in [0, 0.1) is 6.92 Å². The second-order valence-corrected chi connectivity index (χ2v) is 8.49. The van der Waals surface area contributed by atoms with Crippen molar-refractivity contribution < 1.29 is 14.3 Å². The number of carbonyl (C=O) groups excluding carboxylic acids is 2. The Morgan fingerprint density at radius 1 is 0.969 bits per heavy atom. The van der Waals surface area contributed by atoms with Gasteiger partial charge in [-0.3, -0.25) is 9.59 Å². The number of ether oxygens (including phenoxy) is 1. The van der Waals surface area contributed by atoms with Gasteiger partial charge in [0, 0.05) is 24.5 Å². The Balaban J connectivity index is 1.86. The van der Waals surface area contributed by atoms with Gasteiger partial charge in [-0.05, 0) is 47.9 Å². The molecule has 1 N–H and O–H groups in total. The lowest BCUT2D eigenvalue weighted by Crippen LogP contribution is -2.51. The van der Waals surface area contributed by atoms with Crippen molar-refractivity contribution >= 4 is 27.7 Å². The molecule has 0 saturated heterocycles. The Bertz CT molecular complexity index is 1040. The molecule has 0 unspecified atom stereocenters. The van der Waals surface area contributed by atoms with E-state index in [2.05, 4.69) is 21.2 Å². The minimum absolute atomic E-state index is 0.151. The minimum Gasteiger partial charge on any atom is -0.484 e. The van der Waals surface area contributed by atoms with E-state index in [4.69, 9.17) is 4.74 Å². The monoisotopic (exact) mass is 494 g/mol. The predicted octanol–water partition coefficient (Wildman–Crippen LogP) is 4.52. The maximum atomic E-state index is 13.3. The zero-order valence-corrected chi connectivity index (χ0v) is 19.8. The molecule has 0 saturated carbocycles. The number of nitrogens with one attached hydrogen (secondary N) is 1. The van der Waals surface area contributed by atoms with E-state index in [1.807, 2.05) is 85.8 Å². The lowest BCUT2D eigenvalue weighted by molar-refractivity contribution is -0.142. The summed E-state index contributed by atoms with van der Waals surface area (Å²) in [6, 6.07) is 24.3. The van der Waals surface area contributed by atoms with Crippen LogP contribution in [0.5, 0.6) is 5.75 Å². The zero-order chi connectivity index (χ0) is 22.9. The van der Waals surface area contributed by atoms with Gasteiger partial charge in [0.1, 0.15) is 11.8 Å². The summed E-state index contributed by atoms with van der Waals surface area (Å²) < 4.78 is 6.72. The molecule has 3 aromatic rings. The summed E-state index contributed by atoms with van der Waals surface area (Å²) in [7, 11) is 1.59. The summed E-state index contributed by atoms with van der Waals surface area (Å²) >= 11 is 3.44. The quantitative estimate of drug-likeness (QED) is 0.475. The van der Waals surface area contributed by atoms with Gasteiger partial charge in [0.15, 0.2) is 6.61 Å². The van der Waals surface area contributed by atoms with Crippen LogP contribution >= 0.6 is 15.9 Å². The van der Waals surface area contributed by atoms with Crippen LogP contribution in [0.3, 0.4) is 0 Å². The van der Waals surface area contributed by atoms with Crippen molar-refractivity contribution in [1.82, 2.24) is 10.2 Å². The first-order valence-electron chi connectivity index (χ1n) is 10.4. The Kier molecular flexibility index (Phi) is 8.45. The molecule has 3 rings (SSSR count). The highest BCUT2D eigenvalue weighted by molar-refractivity contribution is 9.10. The molecule has 32 heavy (non-hydrogen) atoms. The summed E-state index contributed by atoms with van der Waals surface area (Å²) in [5.41, 5.74) is 2.96. The van der Waals surface area contributed by atoms with Gasteiger partial charge in [-0.25, -0.2) is 0 Å². The molecule has 1 atom stereocenters. The van der Waals surface area contributed by atoms with Crippen molar-refractivity contribution in [3.8, 4) is 5.75 Å². The smallest absolute Gasteiger partial charge is 0.261 e. The van der Waals surface area contributed by atoms with Gasteiger partial charge in [0.25, 0.3) is 5.91 Å². The fraction of sp³-hybridized carbons (Fsp3) is 0.231. The molecule has 5 nitrogen and oxygen atoms in total. The molecule has 6 heteroatoms. The van der Waals surface area contributed by atoms with E-state index in [0.29, 0.717) is 18.7 Å². The Hall–Kier alpha value is -3.12. The van der Waals surface area contributed by atoms with Gasteiger partial charge in [-0.15, -0.1) is 0 Å². The van der Waals surface area contributed by atoms with Gasteiger partial charge < -0.3 is 15.0 Å². The van der Waals surface area contributed by atoms with Crippen LogP contribution in [0.2, 0.25) is 0 Å². The van der Waals surface area contributed by atoms with Gasteiger partial charge in [-0.1, -0.05) is 70.5 Å². The molecule has 2 amide bonds. The Morgan fingerprint density at radius 2 is 1.69 bits per heavy atom. The molecular formula is C26H27BrN2O3. The maximum absolute atomic E-state index is 13.3. The number of nitrogens with zero attached hydrogens (tertiary/aromatic N) is 1. The van der Waals surface area contributed by atoms with Crippen LogP contribution in [0.15, 0.2) is 83.3 Å². The van der Waals surface area contributed by atoms with Crippen LogP contribution in [0.4, 0.5) is 0 Å².